The van der Waals surface area contributed by atoms with Crippen LogP contribution in [-0.2, 0) is 73.5 Å². The lowest BCUT2D eigenvalue weighted by Crippen LogP contribution is -2.62. The van der Waals surface area contributed by atoms with Crippen molar-refractivity contribution in [1.82, 2.24) is 24.9 Å². The Morgan fingerprint density at radius 1 is 0.563 bits per heavy atom. The minimum atomic E-state index is -0.744. The van der Waals surface area contributed by atoms with E-state index in [2.05, 4.69) is 53.6 Å². The maximum absolute atomic E-state index is 12.9. The van der Waals surface area contributed by atoms with E-state index in [-0.39, 0.29) is 86.5 Å². The van der Waals surface area contributed by atoms with Gasteiger partial charge in [0.15, 0.2) is 34.5 Å². The number of hydrogen-bond acceptors (Lipinski definition) is 20. The first-order valence-corrected chi connectivity index (χ1v) is 35.0. The number of piperazine rings is 1. The molecule has 1 saturated heterocycles. The van der Waals surface area contributed by atoms with Crippen molar-refractivity contribution in [3.05, 3.63) is 213 Å². The predicted octanol–water partition coefficient (Wildman–Crippen LogP) is 9.23. The highest BCUT2D eigenvalue weighted by Crippen LogP contribution is 2.45. The van der Waals surface area contributed by atoms with Gasteiger partial charge in [0.05, 0.1) is 51.9 Å². The molecule has 7 aromatic carbocycles. The highest BCUT2D eigenvalue weighted by atomic mass is 35.5. The minimum Gasteiger partial charge on any atom is -0.468 e. The van der Waals surface area contributed by atoms with Gasteiger partial charge < -0.3 is 73.7 Å². The van der Waals surface area contributed by atoms with Crippen LogP contribution in [0.5, 0.6) is 34.5 Å². The number of hydrogen-bond donors (Lipinski definition) is 3. The van der Waals surface area contributed by atoms with E-state index in [9.17, 15) is 33.6 Å². The van der Waals surface area contributed by atoms with Crippen LogP contribution in [0.15, 0.2) is 158 Å². The summed E-state index contributed by atoms with van der Waals surface area (Å²) >= 11 is 15.4. The molecule has 548 valence electrons. The molecule has 103 heavy (non-hydrogen) atoms. The molecule has 0 bridgehead atoms. The van der Waals surface area contributed by atoms with Crippen LogP contribution < -0.4 is 45.2 Å². The number of esters is 3. The number of amides is 3. The lowest BCUT2D eigenvalue weighted by molar-refractivity contribution is -0.157. The largest absolute Gasteiger partial charge is 0.468 e. The first-order chi connectivity index (χ1) is 49.9. The average Bonchev–Trinajstić information content (AvgIpc) is 1.74. The zero-order chi connectivity index (χ0) is 74.3. The molecule has 0 saturated carbocycles. The Kier molecular flexibility index (Phi) is 29.8. The summed E-state index contributed by atoms with van der Waals surface area (Å²) in [6.07, 6.45) is 2.08. The van der Waals surface area contributed by atoms with Gasteiger partial charge in [-0.1, -0.05) is 142 Å². The van der Waals surface area contributed by atoms with Gasteiger partial charge in [0.2, 0.25) is 43.3 Å². The number of likely N-dealkylation sites (N-methyl/N-ethyl adjacent to an activating group) is 1. The van der Waals surface area contributed by atoms with Gasteiger partial charge in [-0.15, -0.1) is 23.2 Å². The number of nitrogens with one attached hydrogen (secondary N) is 1. The van der Waals surface area contributed by atoms with E-state index in [1.54, 1.807) is 11.9 Å². The molecule has 0 aliphatic carbocycles. The van der Waals surface area contributed by atoms with Gasteiger partial charge in [0.25, 0.3) is 0 Å². The Bertz CT molecular complexity index is 4050. The Morgan fingerprint density at radius 2 is 1.01 bits per heavy atom. The topological polar surface area (TPSA) is 280 Å². The summed E-state index contributed by atoms with van der Waals surface area (Å²) < 4.78 is 47.0. The molecule has 5 N–H and O–H groups in total. The van der Waals surface area contributed by atoms with E-state index < -0.39 is 35.4 Å². The highest BCUT2D eigenvalue weighted by Gasteiger charge is 2.47. The van der Waals surface area contributed by atoms with Crippen molar-refractivity contribution in [2.24, 2.45) is 11.5 Å². The number of benzene rings is 7. The Labute approximate surface area is 615 Å². The molecule has 3 amide bonds. The highest BCUT2D eigenvalue weighted by molar-refractivity contribution is 6.67. The summed E-state index contributed by atoms with van der Waals surface area (Å²) in [5.41, 5.74) is 20.4. The number of ether oxygens (including phenoxy) is 9. The van der Waals surface area contributed by atoms with Gasteiger partial charge in [-0.25, -0.2) is 4.79 Å². The molecule has 7 aliphatic rings. The molecule has 0 aromatic heterocycles. The molecule has 14 rings (SSSR count). The second kappa shape index (κ2) is 38.7. The van der Waals surface area contributed by atoms with Gasteiger partial charge in [0, 0.05) is 19.9 Å². The van der Waals surface area contributed by atoms with Crippen molar-refractivity contribution in [3.8, 4) is 34.5 Å². The fourth-order valence-corrected chi connectivity index (χ4v) is 13.1. The lowest BCUT2D eigenvalue weighted by atomic mass is 9.83. The van der Waals surface area contributed by atoms with E-state index in [1.807, 2.05) is 146 Å². The third kappa shape index (κ3) is 19.6. The zero-order valence-corrected chi connectivity index (χ0v) is 61.1. The molecule has 7 atom stereocenters. The van der Waals surface area contributed by atoms with E-state index in [4.69, 9.17) is 78.4 Å². The normalized spacial score (nSPS) is 18.8. The molecule has 7 aromatic rings. The summed E-state index contributed by atoms with van der Waals surface area (Å²) in [4.78, 5) is 90.5. The quantitative estimate of drug-likeness (QED) is 0.0419. The summed E-state index contributed by atoms with van der Waals surface area (Å²) in [6.45, 7) is 10.8. The van der Waals surface area contributed by atoms with Crippen LogP contribution in [0.1, 0.15) is 94.5 Å². The molecule has 0 spiro atoms. The van der Waals surface area contributed by atoms with Crippen molar-refractivity contribution in [2.75, 3.05) is 93.7 Å². The number of alkyl halides is 2. The molecule has 0 radical (unpaired) electrons. The van der Waals surface area contributed by atoms with Gasteiger partial charge in [-0.3, -0.25) is 34.1 Å². The van der Waals surface area contributed by atoms with Gasteiger partial charge >= 0.3 is 17.9 Å². The Balaban J connectivity index is 0.000000167. The predicted molar refractivity (Wildman–Crippen MR) is 390 cm³/mol. The first-order valence-electron chi connectivity index (χ1n) is 33.6. The number of methoxy groups -OCH3 is 3. The first kappa shape index (κ1) is 79.2. The third-order valence-corrected chi connectivity index (χ3v) is 18.7. The number of nitrogens with two attached hydrogens (primary N) is 2. The van der Waals surface area contributed by atoms with Crippen LogP contribution in [0.3, 0.4) is 0 Å². The molecule has 7 heterocycles. The van der Waals surface area contributed by atoms with Gasteiger partial charge in [-0.05, 0) is 143 Å². The van der Waals surface area contributed by atoms with Crippen LogP contribution in [0, 0.1) is 0 Å². The van der Waals surface area contributed by atoms with Gasteiger partial charge in [-0.2, -0.15) is 0 Å². The SMILES string of the molecule is CCN(CC)CC.CN.CN1CC(=O)N2[C@H](c3ccc4c(c3)OCO4)c3ccccc3C[C@@H]2C1=O.COC(=O)C(N)Cc1ccccc1.COC(=O)C1Cc2ccccc2[C@@H](c2ccc3c(c2)OCO3)N1.COC(=O)C1Cc2ccccc2[C@@H](c2ccc3c(c2)OCO3)N1C(=O)CCl.O=C(Cl)CCl. The number of carbonyl (C=O) groups is 7. The van der Waals surface area contributed by atoms with E-state index in [0.29, 0.717) is 48.7 Å². The van der Waals surface area contributed by atoms with Crippen molar-refractivity contribution < 1.29 is 76.2 Å². The van der Waals surface area contributed by atoms with Gasteiger partial charge in [0.1, 0.15) is 30.0 Å². The van der Waals surface area contributed by atoms with Crippen molar-refractivity contribution in [3.63, 3.8) is 0 Å². The number of rotatable bonds is 13. The van der Waals surface area contributed by atoms with Crippen LogP contribution in [-0.4, -0.2) is 178 Å². The van der Waals surface area contributed by atoms with Crippen LogP contribution in [0.2, 0.25) is 0 Å². The third-order valence-electron chi connectivity index (χ3n) is 18.0. The standard InChI is InChI=1S/C20H18ClNO5.C20H18N2O4.C18H17NO4.C10H13NO2.C6H15N.C2H2Cl2O.CH5N/c1-25-20(24)15-8-12-4-2-3-5-14(12)19(22(15)18(23)10-21)13-6-7-16-17(9-13)27-11-26-16;1-21-10-18(23)22-15(20(21)24)8-12-4-2-3-5-14(12)19(22)13-6-7-16-17(9-13)26-11-25-16;1-21-18(20)14-8-11-4-2-3-5-13(11)17(19-14)12-6-7-15-16(9-12)23-10-22-15;1-13-10(12)9(11)7-8-5-3-2-4-6-8;1-4-7(5-2)6-3;3-1-2(4)5;1-2/h2-7,9,15,19H,8,10-11H2,1H3;2-7,9,15,19H,8,10-11H2,1H3;2-7,9,14,17,19H,8,10H2,1H3;2-6,9H,7,11H2,1H3;4-6H2,1-3H3;1H2;2H2,1H3/t15?,19-;15-,19-;14?,17-;;;;/m111..../s1. The minimum absolute atomic E-state index is 0.00940. The summed E-state index contributed by atoms with van der Waals surface area (Å²) in [7, 11) is 7.27. The number of fused-ring (bicyclic) bond motifs is 7. The fraction of sp³-hybridized carbons (Fsp3) is 0.364. The van der Waals surface area contributed by atoms with Crippen molar-refractivity contribution in [1.29, 1.82) is 0 Å². The number of halogens is 3. The van der Waals surface area contributed by atoms with Crippen molar-refractivity contribution in [2.45, 2.75) is 88.7 Å². The summed E-state index contributed by atoms with van der Waals surface area (Å²) in [5, 5.41) is 2.89. The maximum Gasteiger partial charge on any atom is 0.328 e. The Hall–Kier alpha value is -9.46. The molecule has 3 unspecified atom stereocenters. The average molecular weight is 1470 g/mol. The molecular weight excluding hydrogens is 1390 g/mol. The zero-order valence-electron chi connectivity index (χ0n) is 58.9. The van der Waals surface area contributed by atoms with Crippen LogP contribution in [0.4, 0.5) is 0 Å². The number of nitrogens with zero attached hydrogens (tertiary/aromatic N) is 4. The molecule has 7 aliphatic heterocycles. The monoisotopic (exact) mass is 1470 g/mol. The van der Waals surface area contributed by atoms with Crippen molar-refractivity contribution >= 4 is 75.7 Å². The molecule has 1 fully saturated rings. The van der Waals surface area contributed by atoms with Crippen LogP contribution >= 0.6 is 34.8 Å². The lowest BCUT2D eigenvalue weighted by Gasteiger charge is -2.47. The molecule has 26 heteroatoms. The number of carbonyl (C=O) groups excluding carboxylic acids is 7. The van der Waals surface area contributed by atoms with E-state index >= 15 is 0 Å². The van der Waals surface area contributed by atoms with E-state index in [0.717, 1.165) is 61.6 Å². The second-order valence-electron chi connectivity index (χ2n) is 23.9. The fourth-order valence-electron chi connectivity index (χ4n) is 13.0. The van der Waals surface area contributed by atoms with E-state index in [1.165, 1.54) is 63.4 Å². The summed E-state index contributed by atoms with van der Waals surface area (Å²) in [5.74, 6) is 2.37. The maximum atomic E-state index is 12.9. The summed E-state index contributed by atoms with van der Waals surface area (Å²) in [6, 6.07) is 47.7. The second-order valence-corrected chi connectivity index (χ2v) is 24.9. The Morgan fingerprint density at radius 3 is 1.50 bits per heavy atom. The smallest absolute Gasteiger partial charge is 0.328 e. The van der Waals surface area contributed by atoms with Crippen LogP contribution in [0.25, 0.3) is 0 Å². The molecular formula is C77H88Cl3N7O16. The molecule has 23 nitrogen and oxygen atoms in total.